The molecule has 3 nitrogen and oxygen atoms in total. The second kappa shape index (κ2) is 7.58. The molecular formula is C15H24FNO2. The molecule has 2 N–H and O–H groups in total. The van der Waals surface area contributed by atoms with E-state index in [1.54, 1.807) is 25.1 Å². The molecule has 3 atom stereocenters. The van der Waals surface area contributed by atoms with Gasteiger partial charge in [0.1, 0.15) is 5.82 Å². The molecule has 0 amide bonds. The number of aliphatic hydroxyl groups is 2. The summed E-state index contributed by atoms with van der Waals surface area (Å²) in [5, 5.41) is 19.4. The Labute approximate surface area is 114 Å². The topological polar surface area (TPSA) is 43.7 Å². The molecule has 0 bridgehead atoms. The first-order chi connectivity index (χ1) is 8.91. The lowest BCUT2D eigenvalue weighted by Gasteiger charge is -2.25. The van der Waals surface area contributed by atoms with Crippen LogP contribution in [-0.2, 0) is 0 Å². The fourth-order valence-corrected chi connectivity index (χ4v) is 2.11. The standard InChI is InChI=1S/C15H24FNO2/c1-11(10-17(3)9-8-12(2)18)15(19)13-6-4-5-7-14(13)16/h4-7,11-12,15,18-19H,8-10H2,1-3H3. The molecule has 0 radical (unpaired) electrons. The van der Waals surface area contributed by atoms with Crippen molar-refractivity contribution in [3.8, 4) is 0 Å². The average Bonchev–Trinajstić information content (AvgIpc) is 2.36. The maximum Gasteiger partial charge on any atom is 0.129 e. The van der Waals surface area contributed by atoms with E-state index >= 15 is 0 Å². The average molecular weight is 269 g/mol. The zero-order valence-electron chi connectivity index (χ0n) is 11.9. The first kappa shape index (κ1) is 16.1. The summed E-state index contributed by atoms with van der Waals surface area (Å²) >= 11 is 0. The third-order valence-electron chi connectivity index (χ3n) is 3.29. The molecule has 1 aromatic rings. The van der Waals surface area contributed by atoms with Crippen LogP contribution in [0.5, 0.6) is 0 Å². The first-order valence-electron chi connectivity index (χ1n) is 6.71. The minimum absolute atomic E-state index is 0.0732. The van der Waals surface area contributed by atoms with Gasteiger partial charge >= 0.3 is 0 Å². The Hall–Kier alpha value is -0.970. The largest absolute Gasteiger partial charge is 0.393 e. The Morgan fingerprint density at radius 2 is 1.84 bits per heavy atom. The zero-order chi connectivity index (χ0) is 14.4. The number of hydrogen-bond donors (Lipinski definition) is 2. The van der Waals surface area contributed by atoms with E-state index in [1.807, 2.05) is 18.9 Å². The Bertz CT molecular complexity index is 384. The van der Waals surface area contributed by atoms with Gasteiger partial charge in [-0.3, -0.25) is 0 Å². The van der Waals surface area contributed by atoms with Gasteiger partial charge in [0.25, 0.3) is 0 Å². The molecular weight excluding hydrogens is 245 g/mol. The Kier molecular flexibility index (Phi) is 6.42. The fraction of sp³-hybridized carbons (Fsp3) is 0.600. The van der Waals surface area contributed by atoms with Gasteiger partial charge < -0.3 is 15.1 Å². The van der Waals surface area contributed by atoms with Crippen molar-refractivity contribution in [3.63, 3.8) is 0 Å². The van der Waals surface area contributed by atoms with Crippen molar-refractivity contribution >= 4 is 0 Å². The van der Waals surface area contributed by atoms with Gasteiger partial charge in [0.2, 0.25) is 0 Å². The zero-order valence-corrected chi connectivity index (χ0v) is 11.9. The summed E-state index contributed by atoms with van der Waals surface area (Å²) in [5.41, 5.74) is 0.346. The Morgan fingerprint density at radius 3 is 2.42 bits per heavy atom. The summed E-state index contributed by atoms with van der Waals surface area (Å²) in [6, 6.07) is 6.32. The van der Waals surface area contributed by atoms with Crippen LogP contribution in [-0.4, -0.2) is 41.4 Å². The van der Waals surface area contributed by atoms with Crippen LogP contribution in [0.15, 0.2) is 24.3 Å². The molecule has 1 rings (SSSR count). The predicted molar refractivity (Wildman–Crippen MR) is 74.3 cm³/mol. The minimum Gasteiger partial charge on any atom is -0.393 e. The molecule has 1 aromatic carbocycles. The van der Waals surface area contributed by atoms with E-state index in [4.69, 9.17) is 0 Å². The number of aliphatic hydroxyl groups excluding tert-OH is 2. The molecule has 0 saturated carbocycles. The van der Waals surface area contributed by atoms with Crippen LogP contribution < -0.4 is 0 Å². The van der Waals surface area contributed by atoms with E-state index in [0.717, 1.165) is 6.54 Å². The summed E-state index contributed by atoms with van der Waals surface area (Å²) in [5.74, 6) is -0.440. The second-order valence-corrected chi connectivity index (χ2v) is 5.34. The first-order valence-corrected chi connectivity index (χ1v) is 6.71. The third-order valence-corrected chi connectivity index (χ3v) is 3.29. The lowest BCUT2D eigenvalue weighted by atomic mass is 9.96. The van der Waals surface area contributed by atoms with Gasteiger partial charge in [-0.05, 0) is 32.4 Å². The van der Waals surface area contributed by atoms with Gasteiger partial charge in [0.15, 0.2) is 0 Å². The molecule has 108 valence electrons. The molecule has 0 aromatic heterocycles. The second-order valence-electron chi connectivity index (χ2n) is 5.34. The van der Waals surface area contributed by atoms with Crippen LogP contribution in [0.1, 0.15) is 31.9 Å². The van der Waals surface area contributed by atoms with Gasteiger partial charge in [0.05, 0.1) is 12.2 Å². The van der Waals surface area contributed by atoms with Crippen LogP contribution in [0.2, 0.25) is 0 Å². The van der Waals surface area contributed by atoms with Gasteiger partial charge in [0, 0.05) is 18.7 Å². The van der Waals surface area contributed by atoms with Crippen molar-refractivity contribution in [1.82, 2.24) is 4.90 Å². The SMILES string of the molecule is CC(O)CCN(C)CC(C)C(O)c1ccccc1F. The molecule has 3 unspecified atom stereocenters. The number of halogens is 1. The highest BCUT2D eigenvalue weighted by Crippen LogP contribution is 2.24. The fourth-order valence-electron chi connectivity index (χ4n) is 2.11. The van der Waals surface area contributed by atoms with Gasteiger partial charge in [-0.2, -0.15) is 0 Å². The lowest BCUT2D eigenvalue weighted by molar-refractivity contribution is 0.0866. The van der Waals surface area contributed by atoms with Crippen molar-refractivity contribution in [2.75, 3.05) is 20.1 Å². The van der Waals surface area contributed by atoms with Crippen molar-refractivity contribution in [2.45, 2.75) is 32.5 Å². The van der Waals surface area contributed by atoms with Crippen LogP contribution in [0.4, 0.5) is 4.39 Å². The molecule has 4 heteroatoms. The van der Waals surface area contributed by atoms with E-state index < -0.39 is 6.10 Å². The third kappa shape index (κ3) is 5.27. The molecule has 0 aliphatic heterocycles. The van der Waals surface area contributed by atoms with Gasteiger partial charge in [-0.1, -0.05) is 25.1 Å². The van der Waals surface area contributed by atoms with E-state index in [0.29, 0.717) is 18.5 Å². The number of benzene rings is 1. The highest BCUT2D eigenvalue weighted by molar-refractivity contribution is 5.20. The summed E-state index contributed by atoms with van der Waals surface area (Å²) in [4.78, 5) is 2.04. The summed E-state index contributed by atoms with van der Waals surface area (Å²) < 4.78 is 13.6. The quantitative estimate of drug-likeness (QED) is 0.797. The van der Waals surface area contributed by atoms with Gasteiger partial charge in [-0.25, -0.2) is 4.39 Å². The Morgan fingerprint density at radius 1 is 1.21 bits per heavy atom. The molecule has 0 fully saturated rings. The highest BCUT2D eigenvalue weighted by Gasteiger charge is 2.20. The number of hydrogen-bond acceptors (Lipinski definition) is 3. The minimum atomic E-state index is -0.810. The van der Waals surface area contributed by atoms with Crippen LogP contribution in [0.3, 0.4) is 0 Å². The van der Waals surface area contributed by atoms with Crippen molar-refractivity contribution in [3.05, 3.63) is 35.6 Å². The Balaban J connectivity index is 2.53. The monoisotopic (exact) mass is 269 g/mol. The lowest BCUT2D eigenvalue weighted by Crippen LogP contribution is -2.30. The molecule has 19 heavy (non-hydrogen) atoms. The van der Waals surface area contributed by atoms with Gasteiger partial charge in [-0.15, -0.1) is 0 Å². The molecule has 0 spiro atoms. The van der Waals surface area contributed by atoms with Crippen molar-refractivity contribution in [2.24, 2.45) is 5.92 Å². The summed E-state index contributed by atoms with van der Waals surface area (Å²) in [7, 11) is 1.94. The summed E-state index contributed by atoms with van der Waals surface area (Å²) in [6.45, 7) is 5.07. The van der Waals surface area contributed by atoms with Crippen LogP contribution in [0.25, 0.3) is 0 Å². The molecule has 0 aliphatic rings. The van der Waals surface area contributed by atoms with Crippen molar-refractivity contribution < 1.29 is 14.6 Å². The van der Waals surface area contributed by atoms with Crippen LogP contribution in [0, 0.1) is 11.7 Å². The van der Waals surface area contributed by atoms with E-state index in [1.165, 1.54) is 6.07 Å². The predicted octanol–water partition coefficient (Wildman–Crippen LogP) is 2.20. The molecule has 0 aliphatic carbocycles. The number of rotatable bonds is 7. The van der Waals surface area contributed by atoms with E-state index in [2.05, 4.69) is 0 Å². The van der Waals surface area contributed by atoms with Crippen LogP contribution >= 0.6 is 0 Å². The molecule has 0 saturated heterocycles. The highest BCUT2D eigenvalue weighted by atomic mass is 19.1. The summed E-state index contributed by atoms with van der Waals surface area (Å²) in [6.07, 6.45) is -0.441. The molecule has 0 heterocycles. The maximum atomic E-state index is 13.6. The smallest absolute Gasteiger partial charge is 0.129 e. The maximum absolute atomic E-state index is 13.6. The number of nitrogens with zero attached hydrogens (tertiary/aromatic N) is 1. The van der Waals surface area contributed by atoms with E-state index in [-0.39, 0.29) is 17.8 Å². The van der Waals surface area contributed by atoms with Crippen molar-refractivity contribution in [1.29, 1.82) is 0 Å². The van der Waals surface area contributed by atoms with E-state index in [9.17, 15) is 14.6 Å². The normalized spacial score (nSPS) is 16.4.